The Kier molecular flexibility index (Phi) is 12.6. The van der Waals surface area contributed by atoms with Crippen molar-refractivity contribution in [1.82, 2.24) is 16.0 Å². The van der Waals surface area contributed by atoms with Gasteiger partial charge >= 0.3 is 7.82 Å². The number of amides is 3. The minimum atomic E-state index is -4.71. The molecule has 0 aromatic rings. The van der Waals surface area contributed by atoms with E-state index >= 15 is 0 Å². The number of hydrogen-bond donors (Lipinski definition) is 7. The third kappa shape index (κ3) is 13.1. The van der Waals surface area contributed by atoms with E-state index in [9.17, 15) is 24.1 Å². The van der Waals surface area contributed by atoms with Crippen LogP contribution in [0.15, 0.2) is 0 Å². The van der Waals surface area contributed by atoms with Crippen molar-refractivity contribution in [2.45, 2.75) is 39.2 Å². The van der Waals surface area contributed by atoms with Gasteiger partial charge in [-0.25, -0.2) is 4.57 Å². The van der Waals surface area contributed by atoms with Crippen molar-refractivity contribution in [3.05, 3.63) is 0 Å². The average molecular weight is 443 g/mol. The lowest BCUT2D eigenvalue weighted by atomic mass is 9.87. The Morgan fingerprint density at radius 1 is 1.04 bits per heavy atom. The summed E-state index contributed by atoms with van der Waals surface area (Å²) in [5.74, 6) is -1.07. The summed E-state index contributed by atoms with van der Waals surface area (Å²) in [5.41, 5.74) is -1.24. The monoisotopic (exact) mass is 443 g/mol. The van der Waals surface area contributed by atoms with Crippen LogP contribution in [-0.2, 0) is 23.5 Å². The summed E-state index contributed by atoms with van der Waals surface area (Å²) in [4.78, 5) is 52.0. The second-order valence-electron chi connectivity index (χ2n) is 6.76. The van der Waals surface area contributed by atoms with E-state index in [0.717, 1.165) is 0 Å². The molecule has 0 aromatic carbocycles. The number of unbranched alkanes of at least 4 members (excludes halogenated alkanes) is 1. The quantitative estimate of drug-likeness (QED) is 0.101. The molecule has 0 aliphatic rings. The summed E-state index contributed by atoms with van der Waals surface area (Å²) >= 11 is 3.83. The van der Waals surface area contributed by atoms with Gasteiger partial charge in [0.15, 0.2) is 0 Å². The largest absolute Gasteiger partial charge is 0.469 e. The molecule has 28 heavy (non-hydrogen) atoms. The molecule has 0 radical (unpaired) electrons. The van der Waals surface area contributed by atoms with Crippen LogP contribution in [0.1, 0.15) is 33.1 Å². The van der Waals surface area contributed by atoms with Crippen LogP contribution in [0.25, 0.3) is 0 Å². The van der Waals surface area contributed by atoms with Gasteiger partial charge in [0.25, 0.3) is 0 Å². The number of nitrogens with one attached hydrogen (secondary N) is 3. The van der Waals surface area contributed by atoms with E-state index in [1.807, 2.05) is 0 Å². The Balaban J connectivity index is 3.98. The number of aliphatic hydroxyl groups is 1. The first-order chi connectivity index (χ1) is 12.9. The zero-order chi connectivity index (χ0) is 21.8. The molecule has 0 saturated carbocycles. The topological polar surface area (TPSA) is 174 Å². The molecule has 11 nitrogen and oxygen atoms in total. The maximum Gasteiger partial charge on any atom is 0.469 e. The molecule has 3 amide bonds. The minimum absolute atomic E-state index is 0.00480. The molecule has 0 saturated heterocycles. The molecule has 0 heterocycles. The lowest BCUT2D eigenvalue weighted by Crippen LogP contribution is -2.46. The third-order valence-corrected chi connectivity index (χ3v) is 4.39. The van der Waals surface area contributed by atoms with Crippen LogP contribution >= 0.6 is 20.5 Å². The van der Waals surface area contributed by atoms with Crippen molar-refractivity contribution in [3.8, 4) is 0 Å². The minimum Gasteiger partial charge on any atom is -0.383 e. The van der Waals surface area contributed by atoms with E-state index in [4.69, 9.17) is 9.79 Å². The summed E-state index contributed by atoms with van der Waals surface area (Å²) in [6.45, 7) is 3.23. The highest BCUT2D eigenvalue weighted by molar-refractivity contribution is 7.81. The Hall–Kier alpha value is -1.17. The van der Waals surface area contributed by atoms with Crippen LogP contribution < -0.4 is 16.0 Å². The second kappa shape index (κ2) is 13.1. The number of aliphatic hydroxyl groups excluding tert-OH is 1. The number of carbonyl (C=O) groups is 3. The first-order valence-electron chi connectivity index (χ1n) is 8.69. The first kappa shape index (κ1) is 26.8. The molecule has 13 heteroatoms. The lowest BCUT2D eigenvalue weighted by Gasteiger charge is -2.29. The van der Waals surface area contributed by atoms with Gasteiger partial charge in [0.05, 0.1) is 12.4 Å². The van der Waals surface area contributed by atoms with E-state index in [-0.39, 0.29) is 30.5 Å². The Morgan fingerprint density at radius 2 is 1.57 bits per heavy atom. The zero-order valence-electron chi connectivity index (χ0n) is 16.0. The molecule has 0 bridgehead atoms. The highest BCUT2D eigenvalue weighted by Crippen LogP contribution is 2.38. The summed E-state index contributed by atoms with van der Waals surface area (Å²) in [6.07, 6.45) is -0.185. The summed E-state index contributed by atoms with van der Waals surface area (Å²) in [7, 11) is -4.71. The normalized spacial score (nSPS) is 12.9. The van der Waals surface area contributed by atoms with Gasteiger partial charge in [-0.05, 0) is 12.8 Å². The van der Waals surface area contributed by atoms with Gasteiger partial charge in [-0.3, -0.25) is 18.9 Å². The van der Waals surface area contributed by atoms with Crippen molar-refractivity contribution in [2.75, 3.05) is 32.0 Å². The maximum absolute atomic E-state index is 11.9. The van der Waals surface area contributed by atoms with Gasteiger partial charge in [-0.2, -0.15) is 12.6 Å². The molecule has 0 aliphatic heterocycles. The number of hydrogen-bond acceptors (Lipinski definition) is 7. The number of carbonyl (C=O) groups excluding carboxylic acids is 3. The van der Waals surface area contributed by atoms with Crippen molar-refractivity contribution < 1.29 is 38.4 Å². The zero-order valence-corrected chi connectivity index (χ0v) is 17.8. The Bertz CT molecular complexity index is 569. The van der Waals surface area contributed by atoms with Crippen molar-refractivity contribution >= 4 is 38.2 Å². The molecule has 1 atom stereocenters. The molecule has 0 fully saturated rings. The van der Waals surface area contributed by atoms with E-state index in [1.165, 1.54) is 13.8 Å². The molecule has 164 valence electrons. The van der Waals surface area contributed by atoms with Crippen LogP contribution in [0.3, 0.4) is 0 Å². The SMILES string of the molecule is CC(C)(COP(=O)(O)O)[C@@H](O)C(=O)NCCC(=O)NCCCCNC(=O)CS. The Morgan fingerprint density at radius 3 is 2.07 bits per heavy atom. The van der Waals surface area contributed by atoms with Crippen LogP contribution in [0, 0.1) is 5.41 Å². The van der Waals surface area contributed by atoms with E-state index in [2.05, 4.69) is 33.1 Å². The molecule has 0 aromatic heterocycles. The fourth-order valence-electron chi connectivity index (χ4n) is 1.93. The molecule has 0 spiro atoms. The fraction of sp³-hybridized carbons (Fsp3) is 0.800. The number of thiol groups is 1. The fourth-order valence-corrected chi connectivity index (χ4v) is 2.54. The Labute approximate surface area is 169 Å². The van der Waals surface area contributed by atoms with Gasteiger partial charge in [0.1, 0.15) is 6.10 Å². The highest BCUT2D eigenvalue weighted by atomic mass is 32.1. The van der Waals surface area contributed by atoms with Gasteiger partial charge < -0.3 is 30.8 Å². The molecule has 0 aliphatic carbocycles. The number of rotatable bonds is 14. The average Bonchev–Trinajstić information content (AvgIpc) is 2.61. The van der Waals surface area contributed by atoms with Crippen molar-refractivity contribution in [3.63, 3.8) is 0 Å². The van der Waals surface area contributed by atoms with E-state index in [1.54, 1.807) is 0 Å². The number of phosphoric ester groups is 1. The van der Waals surface area contributed by atoms with E-state index < -0.39 is 31.9 Å². The second-order valence-corrected chi connectivity index (χ2v) is 8.32. The van der Waals surface area contributed by atoms with Crippen molar-refractivity contribution in [2.24, 2.45) is 5.41 Å². The summed E-state index contributed by atoms with van der Waals surface area (Å²) in [5, 5.41) is 17.7. The molecule has 0 rings (SSSR count). The van der Waals surface area contributed by atoms with Gasteiger partial charge in [-0.15, -0.1) is 0 Å². The van der Waals surface area contributed by atoms with Gasteiger partial charge in [0.2, 0.25) is 17.7 Å². The summed E-state index contributed by atoms with van der Waals surface area (Å²) in [6, 6.07) is 0. The third-order valence-electron chi connectivity index (χ3n) is 3.64. The summed E-state index contributed by atoms with van der Waals surface area (Å²) < 4.78 is 15.1. The van der Waals surface area contributed by atoms with E-state index in [0.29, 0.717) is 25.9 Å². The smallest absolute Gasteiger partial charge is 0.383 e. The highest BCUT2D eigenvalue weighted by Gasteiger charge is 2.35. The molecular weight excluding hydrogens is 413 g/mol. The number of phosphoric acid groups is 1. The standard InChI is InChI=1S/C15H30N3O8PS/c1-15(2,10-26-27(23,24)25)13(21)14(22)18-8-5-11(19)16-6-3-4-7-17-12(20)9-28/h13,21,28H,3-10H2,1-2H3,(H,16,19)(H,17,20)(H,18,22)(H2,23,24,25)/t13-/m0/s1. The van der Waals surface area contributed by atoms with Crippen LogP contribution in [-0.4, -0.2) is 70.7 Å². The van der Waals surface area contributed by atoms with Crippen LogP contribution in [0.4, 0.5) is 0 Å². The predicted octanol–water partition coefficient (Wildman–Crippen LogP) is -1.07. The molecular formula is C15H30N3O8PS. The molecule has 6 N–H and O–H groups in total. The molecule has 0 unspecified atom stereocenters. The first-order valence-corrected chi connectivity index (χ1v) is 10.9. The van der Waals surface area contributed by atoms with Gasteiger partial charge in [0, 0.05) is 31.5 Å². The lowest BCUT2D eigenvalue weighted by molar-refractivity contribution is -0.137. The van der Waals surface area contributed by atoms with Gasteiger partial charge in [-0.1, -0.05) is 13.8 Å². The van der Waals surface area contributed by atoms with Crippen molar-refractivity contribution in [1.29, 1.82) is 0 Å². The maximum atomic E-state index is 11.9. The van der Waals surface area contributed by atoms with Crippen LogP contribution in [0.2, 0.25) is 0 Å². The predicted molar refractivity (Wildman–Crippen MR) is 105 cm³/mol. The van der Waals surface area contributed by atoms with Crippen LogP contribution in [0.5, 0.6) is 0 Å².